The van der Waals surface area contributed by atoms with Crippen molar-refractivity contribution in [2.75, 3.05) is 14.2 Å². The van der Waals surface area contributed by atoms with E-state index < -0.39 is 29.3 Å². The quantitative estimate of drug-likeness (QED) is 0.747. The summed E-state index contributed by atoms with van der Waals surface area (Å²) in [5.41, 5.74) is 0.211. The molecule has 0 aliphatic carbocycles. The van der Waals surface area contributed by atoms with Crippen LogP contribution in [-0.4, -0.2) is 20.2 Å². The Morgan fingerprint density at radius 3 is 2.12 bits per heavy atom. The average Bonchev–Trinajstić information content (AvgIpc) is 2.26. The largest absolute Gasteiger partial charge is 0.491 e. The second kappa shape index (κ2) is 4.92. The van der Waals surface area contributed by atoms with Gasteiger partial charge in [0.15, 0.2) is 17.4 Å². The summed E-state index contributed by atoms with van der Waals surface area (Å²) in [6.07, 6.45) is 0. The first-order chi connectivity index (χ1) is 7.51. The summed E-state index contributed by atoms with van der Waals surface area (Å²) < 4.78 is 35.7. The first-order valence-corrected chi connectivity index (χ1v) is 4.62. The van der Waals surface area contributed by atoms with E-state index in [1.165, 1.54) is 21.1 Å². The third-order valence-corrected chi connectivity index (χ3v) is 2.28. The molecule has 0 spiro atoms. The van der Waals surface area contributed by atoms with Crippen molar-refractivity contribution in [3.05, 3.63) is 29.3 Å². The molecule has 0 aliphatic heterocycles. The molecule has 0 heterocycles. The Morgan fingerprint density at radius 2 is 1.75 bits per heavy atom. The van der Waals surface area contributed by atoms with E-state index in [1.807, 2.05) is 0 Å². The van der Waals surface area contributed by atoms with Gasteiger partial charge in [0.1, 0.15) is 0 Å². The van der Waals surface area contributed by atoms with Crippen molar-refractivity contribution in [2.45, 2.75) is 12.8 Å². The number of benzene rings is 1. The minimum atomic E-state index is -0.840. The molecule has 0 aliphatic rings. The Balaban J connectivity index is 3.13. The zero-order valence-electron chi connectivity index (χ0n) is 9.21. The van der Waals surface area contributed by atoms with Gasteiger partial charge in [0.2, 0.25) is 0 Å². The highest BCUT2D eigenvalue weighted by atomic mass is 19.1. The smallest absolute Gasteiger partial charge is 0.312 e. The van der Waals surface area contributed by atoms with Crippen molar-refractivity contribution in [3.8, 4) is 5.75 Å². The van der Waals surface area contributed by atoms with Gasteiger partial charge in [-0.15, -0.1) is 0 Å². The summed E-state index contributed by atoms with van der Waals surface area (Å²) in [6, 6.07) is 2.12. The normalized spacial score (nSPS) is 12.1. The Labute approximate surface area is 92.0 Å². The number of hydrogen-bond acceptors (Lipinski definition) is 3. The molecule has 1 unspecified atom stereocenters. The SMILES string of the molecule is COC(=O)C(C)c1cc(F)c(OC)c(F)c1. The topological polar surface area (TPSA) is 35.5 Å². The van der Waals surface area contributed by atoms with Crippen LogP contribution in [0.2, 0.25) is 0 Å². The summed E-state index contributed by atoms with van der Waals surface area (Å²) in [7, 11) is 2.39. The number of esters is 1. The fraction of sp³-hybridized carbons (Fsp3) is 0.364. The van der Waals surface area contributed by atoms with Crippen LogP contribution in [0.15, 0.2) is 12.1 Å². The molecule has 88 valence electrons. The van der Waals surface area contributed by atoms with Crippen molar-refractivity contribution >= 4 is 5.97 Å². The van der Waals surface area contributed by atoms with Crippen LogP contribution in [0.1, 0.15) is 18.4 Å². The average molecular weight is 230 g/mol. The van der Waals surface area contributed by atoms with Crippen LogP contribution in [0.25, 0.3) is 0 Å². The lowest BCUT2D eigenvalue weighted by Gasteiger charge is -2.11. The number of methoxy groups -OCH3 is 2. The lowest BCUT2D eigenvalue weighted by Crippen LogP contribution is -2.11. The van der Waals surface area contributed by atoms with Crippen LogP contribution in [0.5, 0.6) is 5.75 Å². The van der Waals surface area contributed by atoms with Gasteiger partial charge < -0.3 is 9.47 Å². The molecule has 0 aromatic heterocycles. The van der Waals surface area contributed by atoms with Crippen LogP contribution in [0, 0.1) is 11.6 Å². The third-order valence-electron chi connectivity index (χ3n) is 2.28. The van der Waals surface area contributed by atoms with E-state index in [0.29, 0.717) is 0 Å². The molecule has 1 aromatic rings. The predicted molar refractivity (Wildman–Crippen MR) is 53.3 cm³/mol. The summed E-state index contributed by atoms with van der Waals surface area (Å²) in [5.74, 6) is -3.41. The van der Waals surface area contributed by atoms with Gasteiger partial charge >= 0.3 is 5.97 Å². The maximum Gasteiger partial charge on any atom is 0.312 e. The van der Waals surface area contributed by atoms with Gasteiger partial charge in [-0.25, -0.2) is 8.78 Å². The molecular formula is C11H12F2O3. The van der Waals surface area contributed by atoms with Crippen LogP contribution < -0.4 is 4.74 Å². The minimum absolute atomic E-state index is 0.211. The summed E-state index contributed by atoms with van der Waals surface area (Å²) in [6.45, 7) is 1.51. The predicted octanol–water partition coefficient (Wildman–Crippen LogP) is 2.25. The van der Waals surface area contributed by atoms with E-state index in [1.54, 1.807) is 0 Å². The van der Waals surface area contributed by atoms with E-state index in [4.69, 9.17) is 0 Å². The second-order valence-corrected chi connectivity index (χ2v) is 3.26. The number of hydrogen-bond donors (Lipinski definition) is 0. The van der Waals surface area contributed by atoms with Crippen LogP contribution in [0.3, 0.4) is 0 Å². The number of carbonyl (C=O) groups excluding carboxylic acids is 1. The lowest BCUT2D eigenvalue weighted by molar-refractivity contribution is -0.141. The monoisotopic (exact) mass is 230 g/mol. The lowest BCUT2D eigenvalue weighted by atomic mass is 10.0. The van der Waals surface area contributed by atoms with E-state index in [2.05, 4.69) is 9.47 Å². The van der Waals surface area contributed by atoms with Crippen molar-refractivity contribution in [2.24, 2.45) is 0 Å². The Kier molecular flexibility index (Phi) is 3.82. The van der Waals surface area contributed by atoms with Gasteiger partial charge in [0.25, 0.3) is 0 Å². The van der Waals surface area contributed by atoms with Crippen LogP contribution in [-0.2, 0) is 9.53 Å². The highest BCUT2D eigenvalue weighted by molar-refractivity contribution is 5.77. The van der Waals surface area contributed by atoms with Crippen LogP contribution >= 0.6 is 0 Å². The van der Waals surface area contributed by atoms with Gasteiger partial charge in [-0.3, -0.25) is 4.79 Å². The minimum Gasteiger partial charge on any atom is -0.491 e. The Hall–Kier alpha value is -1.65. The molecule has 16 heavy (non-hydrogen) atoms. The number of rotatable bonds is 3. The molecular weight excluding hydrogens is 218 g/mol. The Morgan fingerprint density at radius 1 is 1.25 bits per heavy atom. The van der Waals surface area contributed by atoms with Gasteiger partial charge in [-0.05, 0) is 24.6 Å². The molecule has 0 saturated heterocycles. The van der Waals surface area contributed by atoms with Crippen molar-refractivity contribution < 1.29 is 23.0 Å². The molecule has 0 saturated carbocycles. The summed E-state index contributed by atoms with van der Waals surface area (Å²) in [4.78, 5) is 11.2. The molecule has 1 aromatic carbocycles. The van der Waals surface area contributed by atoms with E-state index in [-0.39, 0.29) is 5.56 Å². The first-order valence-electron chi connectivity index (χ1n) is 4.62. The number of carbonyl (C=O) groups is 1. The molecule has 1 rings (SSSR count). The maximum absolute atomic E-state index is 13.3. The summed E-state index contributed by atoms with van der Waals surface area (Å²) >= 11 is 0. The maximum atomic E-state index is 13.3. The first kappa shape index (κ1) is 12.4. The van der Waals surface area contributed by atoms with Crippen molar-refractivity contribution in [3.63, 3.8) is 0 Å². The zero-order chi connectivity index (χ0) is 12.3. The zero-order valence-corrected chi connectivity index (χ0v) is 9.21. The highest BCUT2D eigenvalue weighted by Gasteiger charge is 2.20. The second-order valence-electron chi connectivity index (χ2n) is 3.26. The fourth-order valence-corrected chi connectivity index (χ4v) is 1.34. The van der Waals surface area contributed by atoms with Gasteiger partial charge in [0, 0.05) is 0 Å². The number of ether oxygens (including phenoxy) is 2. The summed E-state index contributed by atoms with van der Waals surface area (Å²) in [5, 5.41) is 0. The molecule has 0 N–H and O–H groups in total. The van der Waals surface area contributed by atoms with E-state index in [9.17, 15) is 13.6 Å². The third kappa shape index (κ3) is 2.29. The van der Waals surface area contributed by atoms with E-state index >= 15 is 0 Å². The molecule has 0 amide bonds. The van der Waals surface area contributed by atoms with Gasteiger partial charge in [-0.1, -0.05) is 0 Å². The molecule has 5 heteroatoms. The molecule has 0 fully saturated rings. The fourth-order valence-electron chi connectivity index (χ4n) is 1.34. The molecule has 0 radical (unpaired) electrons. The van der Waals surface area contributed by atoms with E-state index in [0.717, 1.165) is 12.1 Å². The molecule has 3 nitrogen and oxygen atoms in total. The van der Waals surface area contributed by atoms with Crippen LogP contribution in [0.4, 0.5) is 8.78 Å². The standard InChI is InChI=1S/C11H12F2O3/c1-6(11(14)16-3)7-4-8(12)10(15-2)9(13)5-7/h4-6H,1-3H3. The molecule has 1 atom stereocenters. The van der Waals surface area contributed by atoms with Crippen molar-refractivity contribution in [1.29, 1.82) is 0 Å². The molecule has 0 bridgehead atoms. The van der Waals surface area contributed by atoms with Gasteiger partial charge in [0.05, 0.1) is 20.1 Å². The highest BCUT2D eigenvalue weighted by Crippen LogP contribution is 2.27. The van der Waals surface area contributed by atoms with Crippen molar-refractivity contribution in [1.82, 2.24) is 0 Å². The van der Waals surface area contributed by atoms with Gasteiger partial charge in [-0.2, -0.15) is 0 Å². The Bertz CT molecular complexity index is 381. The number of halogens is 2.